The molecule has 7 heteroatoms. The minimum absolute atomic E-state index is 0.0987. The lowest BCUT2D eigenvalue weighted by molar-refractivity contribution is -0.384. The number of amides is 1. The smallest absolute Gasteiger partial charge is 0.293 e. The molecule has 21 heavy (non-hydrogen) atoms. The third kappa shape index (κ3) is 3.66. The van der Waals surface area contributed by atoms with Gasteiger partial charge in [-0.05, 0) is 30.7 Å². The van der Waals surface area contributed by atoms with Gasteiger partial charge in [-0.25, -0.2) is 0 Å². The second-order valence-electron chi connectivity index (χ2n) is 5.03. The Morgan fingerprint density at radius 3 is 2.90 bits per heavy atom. The summed E-state index contributed by atoms with van der Waals surface area (Å²) < 4.78 is 0. The zero-order chi connectivity index (χ0) is 15.4. The van der Waals surface area contributed by atoms with Crippen molar-refractivity contribution < 1.29 is 9.72 Å². The summed E-state index contributed by atoms with van der Waals surface area (Å²) in [6.45, 7) is 2.12. The molecule has 1 fully saturated rings. The number of thioether (sulfide) groups is 1. The molecule has 0 bridgehead atoms. The third-order valence-electron chi connectivity index (χ3n) is 3.65. The number of nitro groups is 1. The average molecular weight is 309 g/mol. The lowest BCUT2D eigenvalue weighted by Crippen LogP contribution is -2.26. The first-order valence-electron chi connectivity index (χ1n) is 6.99. The molecule has 0 heterocycles. The third-order valence-corrected chi connectivity index (χ3v) is 4.98. The second kappa shape index (κ2) is 6.80. The first-order chi connectivity index (χ1) is 10.0. The van der Waals surface area contributed by atoms with Crippen LogP contribution in [0.1, 0.15) is 36.5 Å². The van der Waals surface area contributed by atoms with Crippen LogP contribution in [0.3, 0.4) is 0 Å². The highest BCUT2D eigenvalue weighted by molar-refractivity contribution is 7.99. The fourth-order valence-corrected chi connectivity index (χ4v) is 3.86. The van der Waals surface area contributed by atoms with Crippen LogP contribution in [-0.4, -0.2) is 27.9 Å². The van der Waals surface area contributed by atoms with Gasteiger partial charge in [0.25, 0.3) is 5.69 Å². The van der Waals surface area contributed by atoms with E-state index in [1.54, 1.807) is 6.07 Å². The summed E-state index contributed by atoms with van der Waals surface area (Å²) in [5, 5.41) is 14.9. The molecule has 114 valence electrons. The Balaban J connectivity index is 2.23. The van der Waals surface area contributed by atoms with Crippen molar-refractivity contribution in [2.24, 2.45) is 5.73 Å². The van der Waals surface area contributed by atoms with Crippen LogP contribution in [0.15, 0.2) is 18.2 Å². The molecule has 2 rings (SSSR count). The number of carbonyl (C=O) groups is 1. The summed E-state index contributed by atoms with van der Waals surface area (Å²) in [5.41, 5.74) is 5.68. The summed E-state index contributed by atoms with van der Waals surface area (Å²) in [6.07, 6.45) is 3.26. The minimum atomic E-state index is -0.662. The van der Waals surface area contributed by atoms with Gasteiger partial charge in [-0.15, -0.1) is 0 Å². The SMILES string of the molecule is CCSC1CCCC1Nc1ccc(C(N)=O)cc1[N+](=O)[O-]. The van der Waals surface area contributed by atoms with Crippen LogP contribution in [0.4, 0.5) is 11.4 Å². The van der Waals surface area contributed by atoms with Crippen molar-refractivity contribution >= 4 is 29.0 Å². The van der Waals surface area contributed by atoms with Gasteiger partial charge in [0.1, 0.15) is 5.69 Å². The van der Waals surface area contributed by atoms with E-state index in [0.29, 0.717) is 10.9 Å². The summed E-state index contributed by atoms with van der Waals surface area (Å²) in [4.78, 5) is 21.9. The van der Waals surface area contributed by atoms with Gasteiger partial charge >= 0.3 is 0 Å². The largest absolute Gasteiger partial charge is 0.376 e. The monoisotopic (exact) mass is 309 g/mol. The zero-order valence-corrected chi connectivity index (χ0v) is 12.7. The Morgan fingerprint density at radius 2 is 2.29 bits per heavy atom. The maximum absolute atomic E-state index is 11.2. The molecule has 0 radical (unpaired) electrons. The van der Waals surface area contributed by atoms with E-state index in [0.717, 1.165) is 25.0 Å². The van der Waals surface area contributed by atoms with Crippen molar-refractivity contribution in [1.82, 2.24) is 0 Å². The van der Waals surface area contributed by atoms with Gasteiger partial charge in [-0.1, -0.05) is 13.3 Å². The number of nitro benzene ring substituents is 1. The van der Waals surface area contributed by atoms with E-state index in [4.69, 9.17) is 5.73 Å². The van der Waals surface area contributed by atoms with Gasteiger partial charge in [0.2, 0.25) is 5.91 Å². The number of nitrogens with one attached hydrogen (secondary N) is 1. The fraction of sp³-hybridized carbons (Fsp3) is 0.500. The van der Waals surface area contributed by atoms with Crippen LogP contribution in [0, 0.1) is 10.1 Å². The van der Waals surface area contributed by atoms with Crippen molar-refractivity contribution in [2.45, 2.75) is 37.5 Å². The number of anilines is 1. The summed E-state index contributed by atoms with van der Waals surface area (Å²) in [5.74, 6) is 0.371. The Morgan fingerprint density at radius 1 is 1.52 bits per heavy atom. The lowest BCUT2D eigenvalue weighted by Gasteiger charge is -2.21. The molecule has 0 spiro atoms. The van der Waals surface area contributed by atoms with Gasteiger partial charge in [0.15, 0.2) is 0 Å². The first-order valence-corrected chi connectivity index (χ1v) is 8.04. The molecule has 0 saturated heterocycles. The van der Waals surface area contributed by atoms with E-state index in [2.05, 4.69) is 12.2 Å². The highest BCUT2D eigenvalue weighted by Gasteiger charge is 2.29. The van der Waals surface area contributed by atoms with Crippen LogP contribution < -0.4 is 11.1 Å². The van der Waals surface area contributed by atoms with Crippen LogP contribution in [-0.2, 0) is 0 Å². The molecule has 1 saturated carbocycles. The van der Waals surface area contributed by atoms with E-state index in [9.17, 15) is 14.9 Å². The number of hydrogen-bond donors (Lipinski definition) is 2. The van der Waals surface area contributed by atoms with Crippen molar-refractivity contribution in [3.8, 4) is 0 Å². The van der Waals surface area contributed by atoms with Crippen LogP contribution in [0.25, 0.3) is 0 Å². The van der Waals surface area contributed by atoms with E-state index >= 15 is 0 Å². The van der Waals surface area contributed by atoms with Gasteiger partial charge in [-0.3, -0.25) is 14.9 Å². The minimum Gasteiger partial charge on any atom is -0.376 e. The number of benzene rings is 1. The highest BCUT2D eigenvalue weighted by atomic mass is 32.2. The molecule has 1 aromatic carbocycles. The molecule has 1 amide bonds. The van der Waals surface area contributed by atoms with Crippen molar-refractivity contribution in [2.75, 3.05) is 11.1 Å². The second-order valence-corrected chi connectivity index (χ2v) is 6.54. The molecule has 0 aliphatic heterocycles. The predicted octanol–water partition coefficient (Wildman–Crippen LogP) is 2.78. The molecule has 2 unspecified atom stereocenters. The number of carbonyl (C=O) groups excluding carboxylic acids is 1. The van der Waals surface area contributed by atoms with Crippen LogP contribution in [0.2, 0.25) is 0 Å². The van der Waals surface area contributed by atoms with E-state index < -0.39 is 10.8 Å². The van der Waals surface area contributed by atoms with Gasteiger partial charge < -0.3 is 11.1 Å². The maximum atomic E-state index is 11.2. The highest BCUT2D eigenvalue weighted by Crippen LogP contribution is 2.34. The van der Waals surface area contributed by atoms with Gasteiger partial charge in [0, 0.05) is 22.9 Å². The van der Waals surface area contributed by atoms with Gasteiger partial charge in [-0.2, -0.15) is 11.8 Å². The number of hydrogen-bond acceptors (Lipinski definition) is 5. The first kappa shape index (κ1) is 15.6. The fourth-order valence-electron chi connectivity index (χ4n) is 2.66. The van der Waals surface area contributed by atoms with Crippen LogP contribution in [0.5, 0.6) is 0 Å². The number of rotatable bonds is 6. The Kier molecular flexibility index (Phi) is 5.06. The quantitative estimate of drug-likeness (QED) is 0.622. The Labute approximate surface area is 127 Å². The number of nitrogens with zero attached hydrogens (tertiary/aromatic N) is 1. The topological polar surface area (TPSA) is 98.3 Å². The number of primary amides is 1. The summed E-state index contributed by atoms with van der Waals surface area (Å²) in [7, 11) is 0. The molecule has 1 aromatic rings. The van der Waals surface area contributed by atoms with Crippen molar-refractivity contribution in [3.63, 3.8) is 0 Å². The normalized spacial score (nSPS) is 21.2. The molecular formula is C14H19N3O3S. The predicted molar refractivity (Wildman–Crippen MR) is 84.8 cm³/mol. The molecule has 3 N–H and O–H groups in total. The standard InChI is InChI=1S/C14H19N3O3S/c1-2-21-13-5-3-4-11(13)16-10-7-6-9(14(15)18)8-12(10)17(19)20/h6-8,11,13,16H,2-5H2,1H3,(H2,15,18). The Bertz CT molecular complexity index is 550. The molecule has 1 aliphatic rings. The van der Waals surface area contributed by atoms with Crippen molar-refractivity contribution in [1.29, 1.82) is 0 Å². The Hall–Kier alpha value is -1.76. The molecule has 2 atom stereocenters. The molecule has 1 aliphatic carbocycles. The van der Waals surface area contributed by atoms with Crippen LogP contribution >= 0.6 is 11.8 Å². The zero-order valence-electron chi connectivity index (χ0n) is 11.9. The summed E-state index contributed by atoms with van der Waals surface area (Å²) in [6, 6.07) is 4.56. The van der Waals surface area contributed by atoms with E-state index in [-0.39, 0.29) is 17.3 Å². The lowest BCUT2D eigenvalue weighted by atomic mass is 10.1. The molecular weight excluding hydrogens is 290 g/mol. The molecule has 6 nitrogen and oxygen atoms in total. The summed E-state index contributed by atoms with van der Waals surface area (Å²) >= 11 is 1.88. The van der Waals surface area contributed by atoms with E-state index in [1.165, 1.54) is 12.1 Å². The van der Waals surface area contributed by atoms with E-state index in [1.807, 2.05) is 11.8 Å². The van der Waals surface area contributed by atoms with Gasteiger partial charge in [0.05, 0.1) is 4.92 Å². The number of nitrogens with two attached hydrogens (primary N) is 1. The maximum Gasteiger partial charge on any atom is 0.293 e. The molecule has 0 aromatic heterocycles. The van der Waals surface area contributed by atoms with Crippen molar-refractivity contribution in [3.05, 3.63) is 33.9 Å². The average Bonchev–Trinajstić information content (AvgIpc) is 2.86.